The lowest BCUT2D eigenvalue weighted by atomic mass is 10.2. The number of nitrogens with zero attached hydrogens (tertiary/aromatic N) is 3. The molecule has 0 fully saturated rings. The van der Waals surface area contributed by atoms with Crippen molar-refractivity contribution < 1.29 is 9.53 Å². The highest BCUT2D eigenvalue weighted by atomic mass is 16.5. The van der Waals surface area contributed by atoms with Crippen LogP contribution in [0.25, 0.3) is 10.4 Å². The largest absolute Gasteiger partial charge is 0.497 e. The molecule has 84 valence electrons. The smallest absolute Gasteiger partial charge is 0.226 e. The third kappa shape index (κ3) is 3.89. The van der Waals surface area contributed by atoms with E-state index in [2.05, 4.69) is 15.3 Å². The van der Waals surface area contributed by atoms with Crippen molar-refractivity contribution in [3.8, 4) is 5.75 Å². The van der Waals surface area contributed by atoms with E-state index < -0.39 is 0 Å². The second kappa shape index (κ2) is 6.31. The Hall–Kier alpha value is -2.20. The number of carbonyl (C=O) groups excluding carboxylic acids is 1. The van der Waals surface area contributed by atoms with E-state index in [4.69, 9.17) is 10.3 Å². The van der Waals surface area contributed by atoms with Crippen LogP contribution in [0.2, 0.25) is 0 Å². The number of rotatable bonds is 5. The fourth-order valence-electron chi connectivity index (χ4n) is 1.13. The molecule has 0 unspecified atom stereocenters. The first kappa shape index (κ1) is 11.9. The van der Waals surface area contributed by atoms with Gasteiger partial charge >= 0.3 is 0 Å². The van der Waals surface area contributed by atoms with Gasteiger partial charge in [-0.2, -0.15) is 0 Å². The summed E-state index contributed by atoms with van der Waals surface area (Å²) in [7, 11) is 1.58. The average Bonchev–Trinajstić information content (AvgIpc) is 2.34. The molecular weight excluding hydrogens is 208 g/mol. The molecule has 0 saturated carbocycles. The van der Waals surface area contributed by atoms with Gasteiger partial charge in [-0.3, -0.25) is 4.79 Å². The molecule has 0 radical (unpaired) electrons. The highest BCUT2D eigenvalue weighted by Crippen LogP contribution is 2.11. The van der Waals surface area contributed by atoms with Gasteiger partial charge in [0.25, 0.3) is 0 Å². The van der Waals surface area contributed by atoms with Gasteiger partial charge < -0.3 is 10.1 Å². The molecule has 0 atom stereocenters. The molecule has 0 bridgehead atoms. The molecular formula is C10H12N4O2. The third-order valence-electron chi connectivity index (χ3n) is 1.90. The molecule has 0 aliphatic carbocycles. The van der Waals surface area contributed by atoms with E-state index in [9.17, 15) is 4.79 Å². The van der Waals surface area contributed by atoms with Crippen LogP contribution in [0.5, 0.6) is 5.75 Å². The Balaban J connectivity index is 2.47. The van der Waals surface area contributed by atoms with Crippen molar-refractivity contribution in [1.29, 1.82) is 0 Å². The Morgan fingerprint density at radius 2 is 2.44 bits per heavy atom. The number of nitrogens with one attached hydrogen (secondary N) is 1. The molecule has 1 N–H and O–H groups in total. The highest BCUT2D eigenvalue weighted by Gasteiger charge is 2.00. The quantitative estimate of drug-likeness (QED) is 0.464. The van der Waals surface area contributed by atoms with Crippen molar-refractivity contribution in [3.05, 3.63) is 40.3 Å². The lowest BCUT2D eigenvalue weighted by Crippen LogP contribution is -2.24. The Bertz CT molecular complexity index is 413. The molecule has 0 aliphatic heterocycles. The van der Waals surface area contributed by atoms with E-state index in [1.807, 2.05) is 24.3 Å². The van der Waals surface area contributed by atoms with Gasteiger partial charge in [-0.1, -0.05) is 17.2 Å². The molecule has 0 aliphatic rings. The monoisotopic (exact) mass is 220 g/mol. The summed E-state index contributed by atoms with van der Waals surface area (Å²) < 4.78 is 5.05. The summed E-state index contributed by atoms with van der Waals surface area (Å²) in [6.45, 7) is 0.206. The van der Waals surface area contributed by atoms with Crippen LogP contribution >= 0.6 is 0 Å². The summed E-state index contributed by atoms with van der Waals surface area (Å²) in [6, 6.07) is 7.36. The summed E-state index contributed by atoms with van der Waals surface area (Å²) in [6.07, 6.45) is 0. The van der Waals surface area contributed by atoms with Gasteiger partial charge in [0.05, 0.1) is 7.11 Å². The van der Waals surface area contributed by atoms with Gasteiger partial charge in [0.2, 0.25) is 5.91 Å². The fraction of sp³-hybridized carbons (Fsp3) is 0.300. The van der Waals surface area contributed by atoms with E-state index in [1.54, 1.807) is 7.11 Å². The molecule has 1 aromatic rings. The first-order chi connectivity index (χ1) is 7.76. The Morgan fingerprint density at radius 1 is 1.62 bits per heavy atom. The predicted molar refractivity (Wildman–Crippen MR) is 58.9 cm³/mol. The topological polar surface area (TPSA) is 87.1 Å². The van der Waals surface area contributed by atoms with Crippen LogP contribution in [-0.4, -0.2) is 19.6 Å². The zero-order chi connectivity index (χ0) is 11.8. The van der Waals surface area contributed by atoms with Gasteiger partial charge in [-0.25, -0.2) is 0 Å². The van der Waals surface area contributed by atoms with Gasteiger partial charge in [0, 0.05) is 11.5 Å². The van der Waals surface area contributed by atoms with Crippen LogP contribution in [0.4, 0.5) is 0 Å². The maximum Gasteiger partial charge on any atom is 0.226 e. The first-order valence-electron chi connectivity index (χ1n) is 4.66. The lowest BCUT2D eigenvalue weighted by molar-refractivity contribution is -0.119. The maximum atomic E-state index is 11.1. The molecule has 0 saturated heterocycles. The van der Waals surface area contributed by atoms with Crippen LogP contribution in [0.3, 0.4) is 0 Å². The van der Waals surface area contributed by atoms with Gasteiger partial charge in [0.1, 0.15) is 12.3 Å². The predicted octanol–water partition coefficient (Wildman–Crippen LogP) is 1.62. The Morgan fingerprint density at radius 3 is 3.12 bits per heavy atom. The van der Waals surface area contributed by atoms with Gasteiger partial charge in [0.15, 0.2) is 0 Å². The minimum atomic E-state index is -0.305. The highest BCUT2D eigenvalue weighted by molar-refractivity contribution is 5.78. The molecule has 6 nitrogen and oxygen atoms in total. The van der Waals surface area contributed by atoms with Crippen molar-refractivity contribution in [2.75, 3.05) is 13.7 Å². The van der Waals surface area contributed by atoms with Crippen molar-refractivity contribution >= 4 is 5.91 Å². The molecule has 0 spiro atoms. The normalized spacial score (nSPS) is 9.06. The fourth-order valence-corrected chi connectivity index (χ4v) is 1.13. The molecule has 0 heterocycles. The molecule has 0 aromatic heterocycles. The zero-order valence-corrected chi connectivity index (χ0v) is 8.88. The summed E-state index contributed by atoms with van der Waals surface area (Å²) in [5.74, 6) is 0.433. The minimum absolute atomic E-state index is 0.180. The Kier molecular flexibility index (Phi) is 4.69. The van der Waals surface area contributed by atoms with Crippen LogP contribution in [-0.2, 0) is 11.3 Å². The minimum Gasteiger partial charge on any atom is -0.497 e. The van der Waals surface area contributed by atoms with E-state index in [0.29, 0.717) is 6.54 Å². The Labute approximate surface area is 92.8 Å². The number of hydrogen-bond acceptors (Lipinski definition) is 3. The van der Waals surface area contributed by atoms with Gasteiger partial charge in [-0.15, -0.1) is 0 Å². The maximum absolute atomic E-state index is 11.1. The van der Waals surface area contributed by atoms with Crippen molar-refractivity contribution in [1.82, 2.24) is 5.32 Å². The standard InChI is InChI=1S/C10H12N4O2/c1-16-9-4-2-3-8(5-9)6-12-10(15)7-13-14-11/h2-5H,6-7H2,1H3,(H,12,15). The summed E-state index contributed by atoms with van der Waals surface area (Å²) >= 11 is 0. The molecule has 1 aromatic carbocycles. The van der Waals surface area contributed by atoms with Crippen molar-refractivity contribution in [2.24, 2.45) is 5.11 Å². The van der Waals surface area contributed by atoms with Crippen molar-refractivity contribution in [2.45, 2.75) is 6.54 Å². The number of ether oxygens (including phenoxy) is 1. The number of azide groups is 1. The van der Waals surface area contributed by atoms with Crippen LogP contribution in [0.15, 0.2) is 29.4 Å². The first-order valence-corrected chi connectivity index (χ1v) is 4.66. The SMILES string of the molecule is COc1cccc(CNC(=O)CN=[N+]=[N-])c1. The summed E-state index contributed by atoms with van der Waals surface area (Å²) in [5.41, 5.74) is 8.96. The van der Waals surface area contributed by atoms with Crippen LogP contribution in [0, 0.1) is 0 Å². The second-order valence-electron chi connectivity index (χ2n) is 3.02. The molecule has 1 rings (SSSR count). The average molecular weight is 220 g/mol. The second-order valence-corrected chi connectivity index (χ2v) is 3.02. The number of methoxy groups -OCH3 is 1. The molecule has 6 heteroatoms. The number of amides is 1. The number of carbonyl (C=O) groups is 1. The summed E-state index contributed by atoms with van der Waals surface area (Å²) in [5, 5.41) is 5.79. The third-order valence-corrected chi connectivity index (χ3v) is 1.90. The van der Waals surface area contributed by atoms with Crippen LogP contribution < -0.4 is 10.1 Å². The molecule has 1 amide bonds. The van der Waals surface area contributed by atoms with Gasteiger partial charge in [-0.05, 0) is 23.2 Å². The van der Waals surface area contributed by atoms with E-state index in [0.717, 1.165) is 11.3 Å². The number of hydrogen-bond donors (Lipinski definition) is 1. The van der Waals surface area contributed by atoms with Crippen molar-refractivity contribution in [3.63, 3.8) is 0 Å². The van der Waals surface area contributed by atoms with E-state index >= 15 is 0 Å². The zero-order valence-electron chi connectivity index (χ0n) is 8.88. The number of benzene rings is 1. The van der Waals surface area contributed by atoms with Crippen LogP contribution in [0.1, 0.15) is 5.56 Å². The molecule has 16 heavy (non-hydrogen) atoms. The lowest BCUT2D eigenvalue weighted by Gasteiger charge is -2.05. The summed E-state index contributed by atoms with van der Waals surface area (Å²) in [4.78, 5) is 13.6. The van der Waals surface area contributed by atoms with E-state index in [1.165, 1.54) is 0 Å². The van der Waals surface area contributed by atoms with E-state index in [-0.39, 0.29) is 12.5 Å².